The van der Waals surface area contributed by atoms with Crippen molar-refractivity contribution in [2.45, 2.75) is 167 Å². The molecule has 6 atom stereocenters. The van der Waals surface area contributed by atoms with E-state index in [9.17, 15) is 34.1 Å². The van der Waals surface area contributed by atoms with Crippen LogP contribution in [0.5, 0.6) is 0 Å². The molecule has 0 amide bonds. The molecule has 13 heteroatoms. The minimum absolute atomic E-state index is 0.0409. The molecule has 0 aromatic heterocycles. The second kappa shape index (κ2) is 36.3. The van der Waals surface area contributed by atoms with Crippen molar-refractivity contribution in [1.29, 1.82) is 0 Å². The van der Waals surface area contributed by atoms with Gasteiger partial charge in [-0.25, -0.2) is 0 Å². The van der Waals surface area contributed by atoms with E-state index < -0.39 is 44.7 Å². The fraction of sp³-hybridized carbons (Fsp3) is 0.700. The van der Waals surface area contributed by atoms with Crippen molar-refractivity contribution in [2.24, 2.45) is 11.8 Å². The lowest BCUT2D eigenvalue weighted by Crippen LogP contribution is -2.37. The Balaban J connectivity index is 2.50. The molecule has 1 fully saturated rings. The first-order chi connectivity index (χ1) is 30.2. The number of likely N-dealkylation sites (N-methyl/N-ethyl adjacent to an activating group) is 1. The van der Waals surface area contributed by atoms with E-state index in [4.69, 9.17) is 18.5 Å². The molecule has 63 heavy (non-hydrogen) atoms. The molecule has 12 nitrogen and oxygen atoms in total. The predicted octanol–water partition coefficient (Wildman–Crippen LogP) is 9.76. The number of hydrogen-bond donors (Lipinski definition) is 2. The molecule has 1 aliphatic carbocycles. The van der Waals surface area contributed by atoms with Crippen molar-refractivity contribution >= 4 is 25.5 Å². The zero-order valence-corrected chi connectivity index (χ0v) is 40.4. The van der Waals surface area contributed by atoms with Gasteiger partial charge in [0.1, 0.15) is 25.5 Å². The molecule has 1 unspecified atom stereocenters. The van der Waals surface area contributed by atoms with Gasteiger partial charge in [0.05, 0.1) is 40.0 Å². The SMILES string of the molecule is CCCCC/C=C\C/C=C\C/C=C\C/C=C\C/C=C\CCC(=O)O[C@H](COC(=O)CCCCCC[C@H]1C(=O)C[C@@H](O)[C@@H]1/C=C/[C@@H](O)CCCCC)COP(=O)([O-])OCC[N+](C)(C)C. The lowest BCUT2D eigenvalue weighted by Gasteiger charge is -2.28. The van der Waals surface area contributed by atoms with Gasteiger partial charge in [-0.05, 0) is 64.2 Å². The van der Waals surface area contributed by atoms with Crippen LogP contribution in [-0.4, -0.2) is 98.2 Å². The Kier molecular flexibility index (Phi) is 33.4. The number of aliphatic hydroxyl groups is 2. The number of esters is 2. The maximum atomic E-state index is 12.7. The van der Waals surface area contributed by atoms with E-state index >= 15 is 0 Å². The van der Waals surface area contributed by atoms with Crippen LogP contribution in [0.25, 0.3) is 0 Å². The van der Waals surface area contributed by atoms with Crippen LogP contribution in [-0.2, 0) is 37.5 Å². The van der Waals surface area contributed by atoms with Crippen molar-refractivity contribution in [2.75, 3.05) is 47.5 Å². The summed E-state index contributed by atoms with van der Waals surface area (Å²) in [6.45, 7) is 3.72. The molecule has 0 bridgehead atoms. The molecule has 360 valence electrons. The molecule has 0 aliphatic heterocycles. The Morgan fingerprint density at radius 3 is 1.97 bits per heavy atom. The highest BCUT2D eigenvalue weighted by atomic mass is 31.2. The van der Waals surface area contributed by atoms with Crippen LogP contribution in [0, 0.1) is 11.8 Å². The number of phosphoric ester groups is 1. The molecular formula is C50H84NO11P. The lowest BCUT2D eigenvalue weighted by atomic mass is 9.88. The fourth-order valence-electron chi connectivity index (χ4n) is 6.83. The molecule has 0 radical (unpaired) electrons. The summed E-state index contributed by atoms with van der Waals surface area (Å²) in [5.74, 6) is -1.65. The van der Waals surface area contributed by atoms with Crippen LogP contribution in [0.1, 0.15) is 149 Å². The van der Waals surface area contributed by atoms with Gasteiger partial charge in [-0.1, -0.05) is 138 Å². The molecule has 0 aromatic rings. The van der Waals surface area contributed by atoms with Crippen LogP contribution >= 0.6 is 7.82 Å². The number of carbonyl (C=O) groups excluding carboxylic acids is 3. The molecule has 0 aromatic carbocycles. The first kappa shape index (κ1) is 58.1. The van der Waals surface area contributed by atoms with Gasteiger partial charge >= 0.3 is 11.9 Å². The van der Waals surface area contributed by atoms with Crippen molar-refractivity contribution in [3.8, 4) is 0 Å². The summed E-state index contributed by atoms with van der Waals surface area (Å²) >= 11 is 0. The van der Waals surface area contributed by atoms with Gasteiger partial charge in [-0.3, -0.25) is 18.9 Å². The number of carbonyl (C=O) groups is 3. The van der Waals surface area contributed by atoms with Gasteiger partial charge in [-0.15, -0.1) is 0 Å². The Labute approximate surface area is 380 Å². The number of nitrogens with zero attached hydrogens (tertiary/aromatic N) is 1. The maximum Gasteiger partial charge on any atom is 0.306 e. The lowest BCUT2D eigenvalue weighted by molar-refractivity contribution is -0.870. The standard InChI is InChI=1S/C50H84NO11P/c1-6-8-10-11-12-13-14-15-16-17-18-19-20-21-22-23-24-25-31-35-50(56)62-44(42-61-63(57,58)60-39-38-51(3,4)5)41-59-49(55)34-30-27-26-29-33-45-46(48(54)40-47(45)53)37-36-43(52)32-28-9-7-2/h12-13,15-16,18-19,21-22,24-25,36-37,43-46,48,52,54H,6-11,14,17,20,23,26-35,38-42H2,1-5H3/b13-12-,16-15-,19-18-,22-21-,25-24-,37-36+/t43-,44+,45+,46+,48+/m0/s1. The zero-order chi connectivity index (χ0) is 46.6. The van der Waals surface area contributed by atoms with Gasteiger partial charge in [-0.2, -0.15) is 0 Å². The molecule has 0 spiro atoms. The molecule has 1 saturated carbocycles. The maximum absolute atomic E-state index is 12.7. The summed E-state index contributed by atoms with van der Waals surface area (Å²) < 4.78 is 33.8. The van der Waals surface area contributed by atoms with Gasteiger partial charge in [0.25, 0.3) is 7.82 Å². The van der Waals surface area contributed by atoms with E-state index in [-0.39, 0.29) is 50.1 Å². The second-order valence-electron chi connectivity index (χ2n) is 17.5. The number of ketones is 1. The van der Waals surface area contributed by atoms with Crippen molar-refractivity contribution in [1.82, 2.24) is 0 Å². The van der Waals surface area contributed by atoms with E-state index in [1.165, 1.54) is 19.3 Å². The number of aliphatic hydroxyl groups excluding tert-OH is 2. The zero-order valence-electron chi connectivity index (χ0n) is 39.5. The third-order valence-corrected chi connectivity index (χ3v) is 11.6. The largest absolute Gasteiger partial charge is 0.756 e. The van der Waals surface area contributed by atoms with E-state index in [1.54, 1.807) is 6.08 Å². The molecule has 0 saturated heterocycles. The normalized spacial score (nSPS) is 19.4. The number of allylic oxidation sites excluding steroid dienone is 10. The highest BCUT2D eigenvalue weighted by Gasteiger charge is 2.39. The minimum atomic E-state index is -4.71. The van der Waals surface area contributed by atoms with Gasteiger partial charge in [0, 0.05) is 31.1 Å². The average Bonchev–Trinajstić information content (AvgIpc) is 3.50. The third kappa shape index (κ3) is 33.2. The molecule has 1 aliphatic rings. The van der Waals surface area contributed by atoms with Crippen molar-refractivity contribution < 1.29 is 57.1 Å². The summed E-state index contributed by atoms with van der Waals surface area (Å²) in [5, 5.41) is 20.8. The smallest absolute Gasteiger partial charge is 0.306 e. The first-order valence-corrected chi connectivity index (χ1v) is 25.2. The summed E-state index contributed by atoms with van der Waals surface area (Å²) in [4.78, 5) is 50.4. The summed E-state index contributed by atoms with van der Waals surface area (Å²) in [6.07, 6.45) is 38.5. The Morgan fingerprint density at radius 1 is 0.762 bits per heavy atom. The topological polar surface area (TPSA) is 169 Å². The average molecular weight is 906 g/mol. The number of Topliss-reactive ketones (excluding diaryl/α,β-unsaturated/α-hetero) is 1. The predicted molar refractivity (Wildman–Crippen MR) is 250 cm³/mol. The van der Waals surface area contributed by atoms with E-state index in [1.807, 2.05) is 39.4 Å². The molecule has 1 rings (SSSR count). The first-order valence-electron chi connectivity index (χ1n) is 23.7. The number of unbranched alkanes of at least 4 members (excludes halogenated alkanes) is 8. The van der Waals surface area contributed by atoms with Crippen LogP contribution in [0.4, 0.5) is 0 Å². The monoisotopic (exact) mass is 906 g/mol. The minimum Gasteiger partial charge on any atom is -0.756 e. The number of hydrogen-bond acceptors (Lipinski definition) is 11. The van der Waals surface area contributed by atoms with Crippen LogP contribution in [0.3, 0.4) is 0 Å². The number of phosphoric acid groups is 1. The van der Waals surface area contributed by atoms with Crippen molar-refractivity contribution in [3.05, 3.63) is 72.9 Å². The Hall–Kier alpha value is -2.96. The molecule has 0 heterocycles. The number of ether oxygens (including phenoxy) is 2. The number of quaternary nitrogens is 1. The Morgan fingerprint density at radius 2 is 1.35 bits per heavy atom. The quantitative estimate of drug-likeness (QED) is 0.0199. The second-order valence-corrected chi connectivity index (χ2v) is 19.0. The van der Waals surface area contributed by atoms with E-state index in [0.717, 1.165) is 70.6 Å². The van der Waals surface area contributed by atoms with Crippen molar-refractivity contribution in [3.63, 3.8) is 0 Å². The van der Waals surface area contributed by atoms with E-state index in [0.29, 0.717) is 36.7 Å². The van der Waals surface area contributed by atoms with Gasteiger partial charge in [0.15, 0.2) is 6.10 Å². The number of rotatable bonds is 38. The van der Waals surface area contributed by atoms with Crippen LogP contribution in [0.2, 0.25) is 0 Å². The molecular weight excluding hydrogens is 822 g/mol. The summed E-state index contributed by atoms with van der Waals surface area (Å²) in [6, 6.07) is 0. The van der Waals surface area contributed by atoms with E-state index in [2.05, 4.69) is 62.5 Å². The highest BCUT2D eigenvalue weighted by molar-refractivity contribution is 7.45. The third-order valence-electron chi connectivity index (χ3n) is 10.6. The highest BCUT2D eigenvalue weighted by Crippen LogP contribution is 2.38. The Bertz CT molecular complexity index is 1460. The molecule has 2 N–H and O–H groups in total. The fourth-order valence-corrected chi connectivity index (χ4v) is 7.55. The summed E-state index contributed by atoms with van der Waals surface area (Å²) in [5.41, 5.74) is 0. The van der Waals surface area contributed by atoms with Crippen LogP contribution < -0.4 is 4.89 Å². The van der Waals surface area contributed by atoms with Gasteiger partial charge in [0.2, 0.25) is 0 Å². The summed E-state index contributed by atoms with van der Waals surface area (Å²) in [7, 11) is 0.978. The van der Waals surface area contributed by atoms with Crippen LogP contribution in [0.15, 0.2) is 72.9 Å². The van der Waals surface area contributed by atoms with Gasteiger partial charge < -0.3 is 38.1 Å².